The van der Waals surface area contributed by atoms with E-state index in [2.05, 4.69) is 37.8 Å². The molecule has 1 aliphatic carbocycles. The number of nitrogens with one attached hydrogen (secondary N) is 1. The molecule has 2 aliphatic rings. The highest BCUT2D eigenvalue weighted by Crippen LogP contribution is 2.41. The van der Waals surface area contributed by atoms with Gasteiger partial charge in [0.05, 0.1) is 6.10 Å². The van der Waals surface area contributed by atoms with Crippen LogP contribution < -0.4 is 5.32 Å². The van der Waals surface area contributed by atoms with E-state index in [9.17, 15) is 0 Å². The fraction of sp³-hybridized carbons (Fsp3) is 1.00. The van der Waals surface area contributed by atoms with Gasteiger partial charge in [-0.05, 0) is 50.5 Å². The first-order valence-corrected chi connectivity index (χ1v) is 9.12. The van der Waals surface area contributed by atoms with Gasteiger partial charge in [0.2, 0.25) is 0 Å². The first-order chi connectivity index (χ1) is 9.11. The zero-order chi connectivity index (χ0) is 13.7. The van der Waals surface area contributed by atoms with Gasteiger partial charge in [-0.3, -0.25) is 0 Å². The van der Waals surface area contributed by atoms with Crippen LogP contribution in [0.25, 0.3) is 0 Å². The molecule has 0 aromatic heterocycles. The maximum atomic E-state index is 5.77. The summed E-state index contributed by atoms with van der Waals surface area (Å²) in [6.45, 7) is 9.28. The Morgan fingerprint density at radius 1 is 1.32 bits per heavy atom. The van der Waals surface area contributed by atoms with E-state index >= 15 is 0 Å². The second kappa shape index (κ2) is 7.33. The van der Waals surface area contributed by atoms with Gasteiger partial charge in [0.25, 0.3) is 0 Å². The maximum Gasteiger partial charge on any atom is 0.0666 e. The van der Waals surface area contributed by atoms with Crippen molar-refractivity contribution >= 4 is 11.8 Å². The van der Waals surface area contributed by atoms with Crippen LogP contribution in [0.5, 0.6) is 0 Å². The predicted octanol–water partition coefficient (Wildman–Crippen LogP) is 3.85. The summed E-state index contributed by atoms with van der Waals surface area (Å²) in [7, 11) is 0. The van der Waals surface area contributed by atoms with Crippen LogP contribution in [0.2, 0.25) is 0 Å². The van der Waals surface area contributed by atoms with E-state index in [1.807, 2.05) is 0 Å². The minimum atomic E-state index is 0.526. The van der Waals surface area contributed by atoms with Gasteiger partial charge in [0, 0.05) is 23.7 Å². The van der Waals surface area contributed by atoms with Crippen molar-refractivity contribution in [2.75, 3.05) is 18.9 Å². The first-order valence-electron chi connectivity index (χ1n) is 8.07. The highest BCUT2D eigenvalue weighted by atomic mass is 32.2. The standard InChI is InChI=1S/C16H31NOS/c1-4-9-17-14-7-8-16(2,3)11-15(14)19-12-13-6-5-10-18-13/h13-15,17H,4-12H2,1-3H3. The largest absolute Gasteiger partial charge is 0.377 e. The van der Waals surface area contributed by atoms with Crippen LogP contribution >= 0.6 is 11.8 Å². The Morgan fingerprint density at radius 3 is 2.84 bits per heavy atom. The average Bonchev–Trinajstić information content (AvgIpc) is 2.87. The molecule has 0 amide bonds. The van der Waals surface area contributed by atoms with Gasteiger partial charge >= 0.3 is 0 Å². The summed E-state index contributed by atoms with van der Waals surface area (Å²) in [6.07, 6.45) is 8.37. The number of hydrogen-bond acceptors (Lipinski definition) is 3. The van der Waals surface area contributed by atoms with Crippen molar-refractivity contribution in [1.82, 2.24) is 5.32 Å². The molecule has 3 heteroatoms. The molecule has 112 valence electrons. The van der Waals surface area contributed by atoms with Gasteiger partial charge in [-0.2, -0.15) is 11.8 Å². The molecular formula is C16H31NOS. The lowest BCUT2D eigenvalue weighted by Gasteiger charge is -2.41. The predicted molar refractivity (Wildman–Crippen MR) is 84.9 cm³/mol. The van der Waals surface area contributed by atoms with Crippen LogP contribution in [0.1, 0.15) is 59.3 Å². The molecule has 0 aromatic rings. The Kier molecular flexibility index (Phi) is 6.04. The molecule has 2 nitrogen and oxygen atoms in total. The highest BCUT2D eigenvalue weighted by molar-refractivity contribution is 8.00. The Morgan fingerprint density at radius 2 is 2.16 bits per heavy atom. The third kappa shape index (κ3) is 4.95. The molecule has 0 radical (unpaired) electrons. The van der Waals surface area contributed by atoms with Crippen LogP contribution in [0.3, 0.4) is 0 Å². The summed E-state index contributed by atoms with van der Waals surface area (Å²) >= 11 is 2.17. The molecule has 0 bridgehead atoms. The van der Waals surface area contributed by atoms with E-state index < -0.39 is 0 Å². The van der Waals surface area contributed by atoms with Crippen LogP contribution in [0.4, 0.5) is 0 Å². The first kappa shape index (κ1) is 15.7. The minimum Gasteiger partial charge on any atom is -0.377 e. The SMILES string of the molecule is CCCNC1CCC(C)(C)CC1SCC1CCCO1. The van der Waals surface area contributed by atoms with Crippen molar-refractivity contribution in [3.05, 3.63) is 0 Å². The Hall–Kier alpha value is 0.270. The van der Waals surface area contributed by atoms with Crippen LogP contribution in [0, 0.1) is 5.41 Å². The van der Waals surface area contributed by atoms with Crippen molar-refractivity contribution in [2.45, 2.75) is 76.7 Å². The topological polar surface area (TPSA) is 21.3 Å². The van der Waals surface area contributed by atoms with Crippen molar-refractivity contribution in [1.29, 1.82) is 0 Å². The van der Waals surface area contributed by atoms with E-state index in [4.69, 9.17) is 4.74 Å². The summed E-state index contributed by atoms with van der Waals surface area (Å²) in [5.41, 5.74) is 0.526. The van der Waals surface area contributed by atoms with Gasteiger partial charge in [-0.1, -0.05) is 20.8 Å². The highest BCUT2D eigenvalue weighted by Gasteiger charge is 2.35. The van der Waals surface area contributed by atoms with E-state index in [1.165, 1.54) is 50.8 Å². The van der Waals surface area contributed by atoms with Crippen molar-refractivity contribution in [3.63, 3.8) is 0 Å². The fourth-order valence-corrected chi connectivity index (χ4v) is 5.02. The van der Waals surface area contributed by atoms with Crippen molar-refractivity contribution < 1.29 is 4.74 Å². The molecule has 1 saturated heterocycles. The Bertz CT molecular complexity index is 263. The number of rotatable bonds is 6. The summed E-state index contributed by atoms with van der Waals surface area (Å²) in [5.74, 6) is 1.20. The monoisotopic (exact) mass is 285 g/mol. The smallest absolute Gasteiger partial charge is 0.0666 e. The third-order valence-corrected chi connectivity index (χ3v) is 6.00. The van der Waals surface area contributed by atoms with E-state index in [1.54, 1.807) is 0 Å². The molecule has 2 fully saturated rings. The molecule has 1 N–H and O–H groups in total. The van der Waals surface area contributed by atoms with Gasteiger partial charge in [-0.15, -0.1) is 0 Å². The normalized spacial score (nSPS) is 34.6. The van der Waals surface area contributed by atoms with E-state index in [-0.39, 0.29) is 0 Å². The Balaban J connectivity index is 1.83. The molecule has 2 rings (SSSR count). The van der Waals surface area contributed by atoms with E-state index in [0.29, 0.717) is 11.5 Å². The van der Waals surface area contributed by atoms with Gasteiger partial charge in [-0.25, -0.2) is 0 Å². The summed E-state index contributed by atoms with van der Waals surface area (Å²) in [6, 6.07) is 0.722. The lowest BCUT2D eigenvalue weighted by molar-refractivity contribution is 0.128. The van der Waals surface area contributed by atoms with Crippen LogP contribution in [-0.2, 0) is 4.74 Å². The quantitative estimate of drug-likeness (QED) is 0.801. The maximum absolute atomic E-state index is 5.77. The number of hydrogen-bond donors (Lipinski definition) is 1. The number of thioether (sulfide) groups is 1. The molecule has 3 atom stereocenters. The zero-order valence-electron chi connectivity index (χ0n) is 12.9. The summed E-state index contributed by atoms with van der Waals surface area (Å²) in [4.78, 5) is 0. The van der Waals surface area contributed by atoms with Gasteiger partial charge in [0.15, 0.2) is 0 Å². The zero-order valence-corrected chi connectivity index (χ0v) is 13.7. The van der Waals surface area contributed by atoms with E-state index in [0.717, 1.165) is 17.9 Å². The summed E-state index contributed by atoms with van der Waals surface area (Å²) < 4.78 is 5.77. The molecule has 1 aliphatic heterocycles. The van der Waals surface area contributed by atoms with Crippen LogP contribution in [0.15, 0.2) is 0 Å². The van der Waals surface area contributed by atoms with Crippen LogP contribution in [-0.4, -0.2) is 36.3 Å². The molecule has 19 heavy (non-hydrogen) atoms. The second-order valence-electron chi connectivity index (χ2n) is 6.97. The molecule has 0 aromatic carbocycles. The molecule has 3 unspecified atom stereocenters. The number of ether oxygens (including phenoxy) is 1. The molecule has 1 heterocycles. The second-order valence-corrected chi connectivity index (χ2v) is 8.25. The molecule has 1 saturated carbocycles. The Labute approximate surface area is 123 Å². The third-order valence-electron chi connectivity index (χ3n) is 4.51. The lowest BCUT2D eigenvalue weighted by atomic mass is 9.75. The minimum absolute atomic E-state index is 0.526. The van der Waals surface area contributed by atoms with Crippen molar-refractivity contribution in [3.8, 4) is 0 Å². The van der Waals surface area contributed by atoms with Crippen molar-refractivity contribution in [2.24, 2.45) is 5.41 Å². The molecule has 0 spiro atoms. The van der Waals surface area contributed by atoms with Gasteiger partial charge < -0.3 is 10.1 Å². The lowest BCUT2D eigenvalue weighted by Crippen LogP contribution is -2.45. The summed E-state index contributed by atoms with van der Waals surface area (Å²) in [5, 5.41) is 4.55. The molecular weight excluding hydrogens is 254 g/mol. The fourth-order valence-electron chi connectivity index (χ4n) is 3.27. The van der Waals surface area contributed by atoms with Gasteiger partial charge in [0.1, 0.15) is 0 Å². The average molecular weight is 285 g/mol.